The summed E-state index contributed by atoms with van der Waals surface area (Å²) in [6.45, 7) is 2.01. The van der Waals surface area contributed by atoms with Crippen LogP contribution in [0.3, 0.4) is 0 Å². The van der Waals surface area contributed by atoms with Gasteiger partial charge in [-0.1, -0.05) is 30.3 Å². The minimum atomic E-state index is -0.267. The summed E-state index contributed by atoms with van der Waals surface area (Å²) in [5.41, 5.74) is 3.10. The summed E-state index contributed by atoms with van der Waals surface area (Å²) >= 11 is 0. The number of aliphatic hydroxyl groups excluding tert-OH is 1. The molecule has 1 aromatic carbocycles. The molecule has 28 heavy (non-hydrogen) atoms. The van der Waals surface area contributed by atoms with Crippen LogP contribution in [-0.4, -0.2) is 49.2 Å². The van der Waals surface area contributed by atoms with Crippen LogP contribution < -0.4 is 0 Å². The second-order valence-corrected chi connectivity index (χ2v) is 8.20. The summed E-state index contributed by atoms with van der Waals surface area (Å²) in [6.07, 6.45) is 6.96. The number of benzene rings is 1. The molecule has 6 nitrogen and oxygen atoms in total. The lowest BCUT2D eigenvalue weighted by Crippen LogP contribution is -2.44. The van der Waals surface area contributed by atoms with Crippen LogP contribution in [0.5, 0.6) is 0 Å². The highest BCUT2D eigenvalue weighted by Gasteiger charge is 2.57. The van der Waals surface area contributed by atoms with Crippen LogP contribution in [0.4, 0.5) is 0 Å². The van der Waals surface area contributed by atoms with Crippen LogP contribution in [0.1, 0.15) is 40.9 Å². The Kier molecular flexibility index (Phi) is 3.98. The maximum atomic E-state index is 13.5. The third-order valence-corrected chi connectivity index (χ3v) is 6.69. The first-order chi connectivity index (χ1) is 13.6. The fourth-order valence-corrected chi connectivity index (χ4v) is 5.36. The molecule has 5 rings (SSSR count). The largest absolute Gasteiger partial charge is 0.396 e. The van der Waals surface area contributed by atoms with Crippen molar-refractivity contribution in [3.63, 3.8) is 0 Å². The number of amides is 1. The first-order valence-corrected chi connectivity index (χ1v) is 9.90. The van der Waals surface area contributed by atoms with Crippen LogP contribution in [0.15, 0.2) is 48.8 Å². The number of nitrogens with zero attached hydrogens (tertiary/aromatic N) is 4. The summed E-state index contributed by atoms with van der Waals surface area (Å²) in [6, 6.07) is 12.4. The first kappa shape index (κ1) is 17.4. The predicted octanol–water partition coefficient (Wildman–Crippen LogP) is 2.64. The van der Waals surface area contributed by atoms with Crippen molar-refractivity contribution in [3.8, 4) is 0 Å². The number of aryl methyl sites for hydroxylation is 1. The zero-order valence-corrected chi connectivity index (χ0v) is 16.0. The zero-order valence-electron chi connectivity index (χ0n) is 16.0. The molecule has 2 bridgehead atoms. The number of carbonyl (C=O) groups excluding carboxylic acids is 1. The van der Waals surface area contributed by atoms with Gasteiger partial charge in [0.2, 0.25) is 0 Å². The zero-order chi connectivity index (χ0) is 19.3. The van der Waals surface area contributed by atoms with E-state index in [0.717, 1.165) is 37.0 Å². The molecule has 2 aliphatic rings. The molecule has 0 radical (unpaired) electrons. The quantitative estimate of drug-likeness (QED) is 0.760. The number of hydrogen-bond donors (Lipinski definition) is 1. The van der Waals surface area contributed by atoms with Crippen molar-refractivity contribution in [1.82, 2.24) is 19.5 Å². The average Bonchev–Trinajstić information content (AvgIpc) is 3.42. The van der Waals surface area contributed by atoms with Gasteiger partial charge in [-0.3, -0.25) is 4.79 Å². The molecular formula is C22H24N4O2. The molecule has 2 fully saturated rings. The van der Waals surface area contributed by atoms with Crippen molar-refractivity contribution in [2.24, 2.45) is 5.41 Å². The molecule has 3 aromatic rings. The first-order valence-electron chi connectivity index (χ1n) is 9.90. The molecule has 0 spiro atoms. The van der Waals surface area contributed by atoms with Crippen LogP contribution >= 0.6 is 0 Å². The highest BCUT2D eigenvalue weighted by atomic mass is 16.3. The molecule has 1 N–H and O–H groups in total. The van der Waals surface area contributed by atoms with Crippen molar-refractivity contribution in [2.75, 3.05) is 6.61 Å². The maximum Gasteiger partial charge on any atom is 0.257 e. The van der Waals surface area contributed by atoms with E-state index in [0.29, 0.717) is 5.56 Å². The fourth-order valence-electron chi connectivity index (χ4n) is 5.36. The van der Waals surface area contributed by atoms with E-state index in [9.17, 15) is 9.90 Å². The molecule has 4 heterocycles. The van der Waals surface area contributed by atoms with Gasteiger partial charge in [0.05, 0.1) is 24.1 Å². The molecule has 6 heteroatoms. The second kappa shape index (κ2) is 6.41. The molecule has 1 amide bonds. The summed E-state index contributed by atoms with van der Waals surface area (Å²) in [5.74, 6) is 0.0123. The van der Waals surface area contributed by atoms with Gasteiger partial charge in [-0.25, -0.2) is 9.50 Å². The fraction of sp³-hybridized carbons (Fsp3) is 0.409. The van der Waals surface area contributed by atoms with Gasteiger partial charge in [0, 0.05) is 29.8 Å². The molecule has 0 unspecified atom stereocenters. The number of fused-ring (bicyclic) bond motifs is 3. The summed E-state index contributed by atoms with van der Waals surface area (Å²) in [5, 5.41) is 14.7. The van der Waals surface area contributed by atoms with E-state index in [1.165, 1.54) is 5.56 Å². The highest BCUT2D eigenvalue weighted by Crippen LogP contribution is 2.51. The lowest BCUT2D eigenvalue weighted by molar-refractivity contribution is 0.0569. The topological polar surface area (TPSA) is 70.7 Å². The molecule has 0 aliphatic carbocycles. The van der Waals surface area contributed by atoms with Gasteiger partial charge < -0.3 is 10.0 Å². The van der Waals surface area contributed by atoms with Crippen LogP contribution in [-0.2, 0) is 6.42 Å². The molecule has 3 atom stereocenters. The third-order valence-electron chi connectivity index (χ3n) is 6.69. The van der Waals surface area contributed by atoms with Gasteiger partial charge in [0.1, 0.15) is 0 Å². The number of aromatic nitrogens is 3. The average molecular weight is 376 g/mol. The van der Waals surface area contributed by atoms with Crippen molar-refractivity contribution in [1.29, 1.82) is 0 Å². The van der Waals surface area contributed by atoms with Crippen LogP contribution in [0.25, 0.3) is 5.65 Å². The standard InChI is InChI=1S/C22H24N4O2/c1-15-18(13-23-20-9-10-24-26(15)20)21(28)25-17-7-8-19(25)22(12-17,14-27)11-16-5-3-2-4-6-16/h2-6,9-10,13,17,19,27H,7-8,11-12,14H2,1H3/t17-,19+,22-/m0/s1. The Morgan fingerprint density at radius 1 is 1.25 bits per heavy atom. The minimum Gasteiger partial charge on any atom is -0.396 e. The van der Waals surface area contributed by atoms with Gasteiger partial charge >= 0.3 is 0 Å². The lowest BCUT2D eigenvalue weighted by atomic mass is 9.70. The molecule has 0 saturated carbocycles. The van der Waals surface area contributed by atoms with Gasteiger partial charge in [-0.15, -0.1) is 0 Å². The Labute approximate surface area is 163 Å². The monoisotopic (exact) mass is 376 g/mol. The van der Waals surface area contributed by atoms with Crippen LogP contribution in [0, 0.1) is 12.3 Å². The Morgan fingerprint density at radius 3 is 2.86 bits per heavy atom. The van der Waals surface area contributed by atoms with E-state index in [4.69, 9.17) is 0 Å². The molecule has 2 aromatic heterocycles. The van der Waals surface area contributed by atoms with Gasteiger partial charge in [0.25, 0.3) is 5.91 Å². The van der Waals surface area contributed by atoms with E-state index in [-0.39, 0.29) is 30.0 Å². The number of rotatable bonds is 4. The number of hydrogen-bond acceptors (Lipinski definition) is 4. The normalized spacial score (nSPS) is 26.3. The maximum absolute atomic E-state index is 13.5. The summed E-state index contributed by atoms with van der Waals surface area (Å²) in [4.78, 5) is 19.9. The predicted molar refractivity (Wildman–Crippen MR) is 105 cm³/mol. The molecular weight excluding hydrogens is 352 g/mol. The number of carbonyl (C=O) groups is 1. The summed E-state index contributed by atoms with van der Waals surface area (Å²) < 4.78 is 1.72. The van der Waals surface area contributed by atoms with Crippen molar-refractivity contribution in [3.05, 3.63) is 65.6 Å². The van der Waals surface area contributed by atoms with E-state index in [2.05, 4.69) is 22.2 Å². The third kappa shape index (κ3) is 2.48. The van der Waals surface area contributed by atoms with Crippen molar-refractivity contribution >= 4 is 11.6 Å². The Hall–Kier alpha value is -2.73. The smallest absolute Gasteiger partial charge is 0.257 e. The molecule has 2 aliphatic heterocycles. The van der Waals surface area contributed by atoms with E-state index >= 15 is 0 Å². The SMILES string of the molecule is Cc1c(C(=O)N2[C@H]3CC[C@@H]2[C@@](CO)(Cc2ccccc2)C3)cnc2ccnn12. The van der Waals surface area contributed by atoms with Crippen LogP contribution in [0.2, 0.25) is 0 Å². The van der Waals surface area contributed by atoms with E-state index < -0.39 is 0 Å². The van der Waals surface area contributed by atoms with Gasteiger partial charge in [0.15, 0.2) is 5.65 Å². The Morgan fingerprint density at radius 2 is 2.07 bits per heavy atom. The minimum absolute atomic E-state index is 0.0123. The lowest BCUT2D eigenvalue weighted by Gasteiger charge is -2.36. The molecule has 2 saturated heterocycles. The van der Waals surface area contributed by atoms with Gasteiger partial charge in [-0.05, 0) is 38.2 Å². The van der Waals surface area contributed by atoms with Crippen molar-refractivity contribution in [2.45, 2.75) is 44.7 Å². The number of aliphatic hydroxyl groups is 1. The van der Waals surface area contributed by atoms with E-state index in [1.807, 2.05) is 36.1 Å². The van der Waals surface area contributed by atoms with Gasteiger partial charge in [-0.2, -0.15) is 5.10 Å². The Bertz CT molecular complexity index is 1030. The molecule has 144 valence electrons. The highest BCUT2D eigenvalue weighted by molar-refractivity contribution is 5.96. The van der Waals surface area contributed by atoms with Crippen molar-refractivity contribution < 1.29 is 9.90 Å². The Balaban J connectivity index is 1.49. The second-order valence-electron chi connectivity index (χ2n) is 8.20. The summed E-state index contributed by atoms with van der Waals surface area (Å²) in [7, 11) is 0. The van der Waals surface area contributed by atoms with E-state index in [1.54, 1.807) is 16.9 Å².